The molecule has 0 aromatic carbocycles. The van der Waals surface area contributed by atoms with Gasteiger partial charge in [0.2, 0.25) is 5.88 Å². The van der Waals surface area contributed by atoms with E-state index >= 15 is 0 Å². The minimum absolute atomic E-state index is 0.0558. The minimum atomic E-state index is 0.0558. The van der Waals surface area contributed by atoms with Crippen LogP contribution in [-0.4, -0.2) is 64.5 Å². The largest absolute Gasteiger partial charge is 0.477 e. The molecule has 6 nitrogen and oxygen atoms in total. The number of carbonyl (C=O) groups is 1. The first-order valence-electron chi connectivity index (χ1n) is 9.02. The van der Waals surface area contributed by atoms with Gasteiger partial charge in [0.05, 0.1) is 17.2 Å². The SMILES string of the molecule is Cc1nc(C(=O)N2CC3(C[C@H](COc4ccccn4)CCN3C)C2)cs1. The zero-order chi connectivity index (χ0) is 18.1. The number of amides is 1. The maximum atomic E-state index is 12.6. The van der Waals surface area contributed by atoms with Crippen molar-refractivity contribution in [1.82, 2.24) is 19.8 Å². The monoisotopic (exact) mass is 372 g/mol. The van der Waals surface area contributed by atoms with Crippen molar-refractivity contribution < 1.29 is 9.53 Å². The Morgan fingerprint density at radius 2 is 2.27 bits per heavy atom. The third kappa shape index (κ3) is 3.33. The molecule has 2 fully saturated rings. The number of rotatable bonds is 4. The zero-order valence-electron chi connectivity index (χ0n) is 15.2. The molecule has 0 saturated carbocycles. The summed E-state index contributed by atoms with van der Waals surface area (Å²) in [5.74, 6) is 1.23. The summed E-state index contributed by atoms with van der Waals surface area (Å²) in [6, 6.07) is 5.72. The van der Waals surface area contributed by atoms with Gasteiger partial charge in [0.1, 0.15) is 5.69 Å². The number of pyridine rings is 1. The van der Waals surface area contributed by atoms with Gasteiger partial charge in [-0.1, -0.05) is 6.07 Å². The Bertz CT molecular complexity index is 773. The Balaban J connectivity index is 1.35. The van der Waals surface area contributed by atoms with Crippen LogP contribution in [0.5, 0.6) is 5.88 Å². The number of likely N-dealkylation sites (N-methyl/N-ethyl adjacent to an activating group) is 1. The van der Waals surface area contributed by atoms with Crippen LogP contribution >= 0.6 is 11.3 Å². The predicted octanol–water partition coefficient (Wildman–Crippen LogP) is 2.46. The first-order chi connectivity index (χ1) is 12.6. The second-order valence-corrected chi connectivity index (χ2v) is 8.46. The third-order valence-electron chi connectivity index (χ3n) is 5.55. The van der Waals surface area contributed by atoms with Crippen molar-refractivity contribution >= 4 is 17.2 Å². The number of hydrogen-bond acceptors (Lipinski definition) is 6. The smallest absolute Gasteiger partial charge is 0.273 e. The second-order valence-electron chi connectivity index (χ2n) is 7.40. The molecule has 0 N–H and O–H groups in total. The maximum absolute atomic E-state index is 12.6. The molecule has 4 heterocycles. The predicted molar refractivity (Wildman–Crippen MR) is 101 cm³/mol. The molecule has 1 spiro atoms. The average molecular weight is 372 g/mol. The van der Waals surface area contributed by atoms with Gasteiger partial charge in [-0.3, -0.25) is 9.69 Å². The molecule has 0 radical (unpaired) electrons. The molecular formula is C19H24N4O2S. The number of thiazole rings is 1. The average Bonchev–Trinajstić information content (AvgIpc) is 3.06. The van der Waals surface area contributed by atoms with Crippen LogP contribution in [0.4, 0.5) is 0 Å². The van der Waals surface area contributed by atoms with E-state index in [0.717, 1.165) is 37.5 Å². The van der Waals surface area contributed by atoms with Gasteiger partial charge in [-0.05, 0) is 45.3 Å². The second kappa shape index (κ2) is 6.96. The Kier molecular flexibility index (Phi) is 4.67. The van der Waals surface area contributed by atoms with Crippen LogP contribution < -0.4 is 4.74 Å². The van der Waals surface area contributed by atoms with E-state index in [1.165, 1.54) is 11.3 Å². The Morgan fingerprint density at radius 1 is 1.42 bits per heavy atom. The molecule has 2 aliphatic heterocycles. The molecule has 0 aliphatic carbocycles. The van der Waals surface area contributed by atoms with Crippen molar-refractivity contribution in [2.45, 2.75) is 25.3 Å². The van der Waals surface area contributed by atoms with Gasteiger partial charge in [0, 0.05) is 30.7 Å². The molecule has 2 saturated heterocycles. The normalized spacial score (nSPS) is 22.2. The fourth-order valence-corrected chi connectivity index (χ4v) is 4.58. The van der Waals surface area contributed by atoms with Crippen molar-refractivity contribution in [3.63, 3.8) is 0 Å². The molecule has 138 valence electrons. The van der Waals surface area contributed by atoms with Crippen molar-refractivity contribution in [3.05, 3.63) is 40.5 Å². The van der Waals surface area contributed by atoms with Crippen molar-refractivity contribution in [2.24, 2.45) is 5.92 Å². The van der Waals surface area contributed by atoms with Gasteiger partial charge >= 0.3 is 0 Å². The highest BCUT2D eigenvalue weighted by molar-refractivity contribution is 7.09. The van der Waals surface area contributed by atoms with Crippen molar-refractivity contribution in [1.29, 1.82) is 0 Å². The number of aryl methyl sites for hydroxylation is 1. The van der Waals surface area contributed by atoms with Crippen LogP contribution in [-0.2, 0) is 0 Å². The lowest BCUT2D eigenvalue weighted by molar-refractivity contribution is -0.0697. The summed E-state index contributed by atoms with van der Waals surface area (Å²) in [4.78, 5) is 25.5. The number of hydrogen-bond donors (Lipinski definition) is 0. The number of nitrogens with zero attached hydrogens (tertiary/aromatic N) is 4. The third-order valence-corrected chi connectivity index (χ3v) is 6.33. The minimum Gasteiger partial charge on any atom is -0.477 e. The highest BCUT2D eigenvalue weighted by atomic mass is 32.1. The quantitative estimate of drug-likeness (QED) is 0.825. The van der Waals surface area contributed by atoms with Gasteiger partial charge < -0.3 is 9.64 Å². The Labute approximate surface area is 157 Å². The van der Waals surface area contributed by atoms with E-state index < -0.39 is 0 Å². The summed E-state index contributed by atoms with van der Waals surface area (Å²) in [5.41, 5.74) is 0.660. The maximum Gasteiger partial charge on any atom is 0.273 e. The lowest BCUT2D eigenvalue weighted by Gasteiger charge is -2.58. The number of likely N-dealkylation sites (tertiary alicyclic amines) is 2. The number of ether oxygens (including phenoxy) is 1. The highest BCUT2D eigenvalue weighted by Crippen LogP contribution is 2.39. The number of piperidine rings is 1. The number of carbonyl (C=O) groups excluding carboxylic acids is 1. The number of aromatic nitrogens is 2. The fourth-order valence-electron chi connectivity index (χ4n) is 3.99. The van der Waals surface area contributed by atoms with E-state index in [-0.39, 0.29) is 11.4 Å². The van der Waals surface area contributed by atoms with Crippen molar-refractivity contribution in [3.8, 4) is 5.88 Å². The highest BCUT2D eigenvalue weighted by Gasteiger charge is 2.51. The van der Waals surface area contributed by atoms with E-state index in [1.807, 2.05) is 35.4 Å². The van der Waals surface area contributed by atoms with Crippen LogP contribution in [0.3, 0.4) is 0 Å². The van der Waals surface area contributed by atoms with Gasteiger partial charge in [-0.25, -0.2) is 9.97 Å². The zero-order valence-corrected chi connectivity index (χ0v) is 16.0. The molecule has 7 heteroatoms. The van der Waals surface area contributed by atoms with E-state index in [9.17, 15) is 4.79 Å². The first kappa shape index (κ1) is 17.4. The van der Waals surface area contributed by atoms with E-state index in [2.05, 4.69) is 21.9 Å². The molecule has 0 bridgehead atoms. The Hall–Kier alpha value is -1.99. The van der Waals surface area contributed by atoms with Gasteiger partial charge in [-0.2, -0.15) is 0 Å². The molecule has 0 unspecified atom stereocenters. The lowest BCUT2D eigenvalue weighted by Crippen LogP contribution is -2.72. The van der Waals surface area contributed by atoms with Crippen molar-refractivity contribution in [2.75, 3.05) is 33.3 Å². The molecule has 2 aliphatic rings. The van der Waals surface area contributed by atoms with Gasteiger partial charge in [0.15, 0.2) is 0 Å². The summed E-state index contributed by atoms with van der Waals surface area (Å²) in [6.07, 6.45) is 3.92. The molecular weight excluding hydrogens is 348 g/mol. The van der Waals surface area contributed by atoms with Crippen LogP contribution in [0.1, 0.15) is 28.3 Å². The Morgan fingerprint density at radius 3 is 2.96 bits per heavy atom. The summed E-state index contributed by atoms with van der Waals surface area (Å²) in [6.45, 7) is 5.21. The van der Waals surface area contributed by atoms with Crippen LogP contribution in [0.15, 0.2) is 29.8 Å². The van der Waals surface area contributed by atoms with Crippen LogP contribution in [0.25, 0.3) is 0 Å². The molecule has 2 aromatic heterocycles. The lowest BCUT2D eigenvalue weighted by atomic mass is 9.75. The summed E-state index contributed by atoms with van der Waals surface area (Å²) >= 11 is 1.53. The topological polar surface area (TPSA) is 58.6 Å². The summed E-state index contributed by atoms with van der Waals surface area (Å²) in [7, 11) is 2.17. The molecule has 1 atom stereocenters. The van der Waals surface area contributed by atoms with E-state index in [1.54, 1.807) is 6.20 Å². The van der Waals surface area contributed by atoms with Gasteiger partial charge in [0.25, 0.3) is 5.91 Å². The van der Waals surface area contributed by atoms with Crippen LogP contribution in [0, 0.1) is 12.8 Å². The molecule has 2 aromatic rings. The molecule has 1 amide bonds. The van der Waals surface area contributed by atoms with E-state index in [4.69, 9.17) is 4.74 Å². The molecule has 4 rings (SSSR count). The summed E-state index contributed by atoms with van der Waals surface area (Å²) < 4.78 is 5.87. The first-order valence-corrected chi connectivity index (χ1v) is 9.90. The summed E-state index contributed by atoms with van der Waals surface area (Å²) in [5, 5.41) is 2.79. The van der Waals surface area contributed by atoms with E-state index in [0.29, 0.717) is 24.1 Å². The standard InChI is InChI=1S/C19H24N4O2S/c1-14-21-16(11-26-14)18(24)23-12-19(13-23)9-15(6-8-22(19)2)10-25-17-5-3-4-7-20-17/h3-5,7,11,15H,6,8-10,12-13H2,1-2H3/t15-/m1/s1. The van der Waals surface area contributed by atoms with Crippen LogP contribution in [0.2, 0.25) is 0 Å². The van der Waals surface area contributed by atoms with Gasteiger partial charge in [-0.15, -0.1) is 11.3 Å². The fraction of sp³-hybridized carbons (Fsp3) is 0.526. The molecule has 26 heavy (non-hydrogen) atoms.